The monoisotopic (exact) mass is 391 g/mol. The molecule has 0 bridgehead atoms. The number of H-pyrrole nitrogens is 1. The summed E-state index contributed by atoms with van der Waals surface area (Å²) in [5.41, 5.74) is 4.54. The Balaban J connectivity index is 1.48. The number of nitrogens with one attached hydrogen (secondary N) is 1. The van der Waals surface area contributed by atoms with Crippen molar-refractivity contribution in [3.8, 4) is 11.4 Å². The summed E-state index contributed by atoms with van der Waals surface area (Å²) in [5.74, 6) is 2.64. The average Bonchev–Trinajstić information content (AvgIpc) is 3.34. The number of fused-ring (bicyclic) bond motifs is 1. The minimum Gasteiger partial charge on any atom is -0.358 e. The third-order valence-corrected chi connectivity index (χ3v) is 5.92. The Morgan fingerprint density at radius 2 is 1.89 bits per heavy atom. The number of benzene rings is 1. The van der Waals surface area contributed by atoms with Crippen LogP contribution in [-0.4, -0.2) is 32.4 Å². The number of aromatic amines is 1. The molecule has 28 heavy (non-hydrogen) atoms. The molecular weight excluding hydrogens is 370 g/mol. The van der Waals surface area contributed by atoms with E-state index >= 15 is 0 Å². The van der Waals surface area contributed by atoms with Crippen LogP contribution in [0.25, 0.3) is 16.9 Å². The third-order valence-electron chi connectivity index (χ3n) is 5.69. The summed E-state index contributed by atoms with van der Waals surface area (Å²) in [6.45, 7) is 4.12. The van der Waals surface area contributed by atoms with E-state index in [9.17, 15) is 0 Å². The molecule has 1 aliphatic heterocycles. The highest BCUT2D eigenvalue weighted by molar-refractivity contribution is 6.30. The molecule has 1 N–H and O–H groups in total. The maximum absolute atomic E-state index is 6.22. The minimum atomic E-state index is 0.525. The fourth-order valence-corrected chi connectivity index (χ4v) is 4.46. The molecule has 5 rings (SSSR count). The molecule has 0 saturated carbocycles. The van der Waals surface area contributed by atoms with Crippen LogP contribution in [0.2, 0.25) is 5.02 Å². The third kappa shape index (κ3) is 2.96. The second-order valence-corrected chi connectivity index (χ2v) is 7.85. The summed E-state index contributed by atoms with van der Waals surface area (Å²) in [6, 6.07) is 14.3. The summed E-state index contributed by atoms with van der Waals surface area (Å²) in [7, 11) is 0. The van der Waals surface area contributed by atoms with Crippen molar-refractivity contribution in [1.29, 1.82) is 0 Å². The Bertz CT molecular complexity index is 1120. The molecule has 0 atom stereocenters. The topological polar surface area (TPSA) is 49.2 Å². The second kappa shape index (κ2) is 6.99. The van der Waals surface area contributed by atoms with E-state index in [1.165, 1.54) is 17.2 Å². The smallest absolute Gasteiger partial charge is 0.146 e. The number of halogens is 1. The van der Waals surface area contributed by atoms with Crippen molar-refractivity contribution in [2.24, 2.45) is 0 Å². The van der Waals surface area contributed by atoms with Crippen LogP contribution in [-0.2, 0) is 0 Å². The largest absolute Gasteiger partial charge is 0.358 e. The molecule has 4 heterocycles. The van der Waals surface area contributed by atoms with Gasteiger partial charge >= 0.3 is 0 Å². The van der Waals surface area contributed by atoms with Gasteiger partial charge in [0.05, 0.1) is 23.7 Å². The van der Waals surface area contributed by atoms with E-state index in [4.69, 9.17) is 16.6 Å². The highest BCUT2D eigenvalue weighted by Crippen LogP contribution is 2.33. The normalized spacial score (nSPS) is 15.4. The first-order valence-electron chi connectivity index (χ1n) is 9.68. The Morgan fingerprint density at radius 3 is 2.64 bits per heavy atom. The van der Waals surface area contributed by atoms with Gasteiger partial charge < -0.3 is 9.88 Å². The van der Waals surface area contributed by atoms with Crippen LogP contribution in [0, 0.1) is 6.92 Å². The van der Waals surface area contributed by atoms with Gasteiger partial charge in [0.15, 0.2) is 0 Å². The number of rotatable bonds is 3. The van der Waals surface area contributed by atoms with Gasteiger partial charge in [0, 0.05) is 35.3 Å². The molecule has 0 aliphatic carbocycles. The number of hydrogen-bond donors (Lipinski definition) is 1. The van der Waals surface area contributed by atoms with Crippen LogP contribution in [0.3, 0.4) is 0 Å². The molecule has 0 radical (unpaired) electrons. The highest BCUT2D eigenvalue weighted by atomic mass is 35.5. The predicted octanol–water partition coefficient (Wildman–Crippen LogP) is 5.07. The van der Waals surface area contributed by atoms with Crippen molar-refractivity contribution in [2.45, 2.75) is 25.7 Å². The van der Waals surface area contributed by atoms with Crippen LogP contribution < -0.4 is 4.90 Å². The molecule has 0 unspecified atom stereocenters. The molecule has 4 aromatic rings. The number of anilines is 1. The number of pyridine rings is 1. The van der Waals surface area contributed by atoms with Gasteiger partial charge in [-0.05, 0) is 44.0 Å². The lowest BCUT2D eigenvalue weighted by molar-refractivity contribution is 0.492. The maximum atomic E-state index is 6.22. The van der Waals surface area contributed by atoms with Gasteiger partial charge in [-0.2, -0.15) is 0 Å². The Labute approximate surface area is 169 Å². The first kappa shape index (κ1) is 17.3. The summed E-state index contributed by atoms with van der Waals surface area (Å²) < 4.78 is 2.24. The van der Waals surface area contributed by atoms with Crippen LogP contribution in [0.15, 0.2) is 55.0 Å². The van der Waals surface area contributed by atoms with E-state index < -0.39 is 0 Å². The first-order valence-corrected chi connectivity index (χ1v) is 10.1. The number of aryl methyl sites for hydroxylation is 1. The SMILES string of the molecule is Cc1[nH]cnc1C1CCN(c2cccc3cnc(-c4cccc(Cl)c4)n23)CC1. The molecule has 6 heteroatoms. The zero-order valence-corrected chi connectivity index (χ0v) is 16.5. The summed E-state index contributed by atoms with van der Waals surface area (Å²) in [6.07, 6.45) is 5.94. The Morgan fingerprint density at radius 1 is 1.07 bits per heavy atom. The minimum absolute atomic E-state index is 0.525. The van der Waals surface area contributed by atoms with Gasteiger partial charge in [-0.25, -0.2) is 9.97 Å². The number of hydrogen-bond acceptors (Lipinski definition) is 3. The van der Waals surface area contributed by atoms with E-state index in [-0.39, 0.29) is 0 Å². The van der Waals surface area contributed by atoms with E-state index in [1.807, 2.05) is 24.4 Å². The lowest BCUT2D eigenvalue weighted by Crippen LogP contribution is -2.34. The molecule has 1 fully saturated rings. The number of aromatic nitrogens is 4. The quantitative estimate of drug-likeness (QED) is 0.530. The van der Waals surface area contributed by atoms with Gasteiger partial charge in [0.1, 0.15) is 11.6 Å². The zero-order valence-electron chi connectivity index (χ0n) is 15.8. The van der Waals surface area contributed by atoms with Crippen molar-refractivity contribution < 1.29 is 0 Å². The van der Waals surface area contributed by atoms with Crippen molar-refractivity contribution in [3.05, 3.63) is 71.4 Å². The molecule has 142 valence electrons. The van der Waals surface area contributed by atoms with Crippen molar-refractivity contribution in [2.75, 3.05) is 18.0 Å². The van der Waals surface area contributed by atoms with Crippen molar-refractivity contribution in [1.82, 2.24) is 19.4 Å². The fourth-order valence-electron chi connectivity index (χ4n) is 4.27. The number of imidazole rings is 2. The molecule has 0 amide bonds. The van der Waals surface area contributed by atoms with Crippen LogP contribution >= 0.6 is 11.6 Å². The molecule has 1 aliphatic rings. The number of nitrogens with zero attached hydrogens (tertiary/aromatic N) is 4. The standard InChI is InChI=1S/C22H22ClN5/c1-15-21(26-14-25-15)16-8-10-27(11-9-16)20-7-3-6-19-13-24-22(28(19)20)17-4-2-5-18(23)12-17/h2-7,12-14,16H,8-11H2,1H3,(H,25,26). The molecule has 0 spiro atoms. The molecule has 1 saturated heterocycles. The lowest BCUT2D eigenvalue weighted by atomic mass is 9.92. The zero-order chi connectivity index (χ0) is 19.1. The van der Waals surface area contributed by atoms with Gasteiger partial charge in [0.2, 0.25) is 0 Å². The van der Waals surface area contributed by atoms with E-state index in [0.29, 0.717) is 5.92 Å². The molecular formula is C22H22ClN5. The molecule has 3 aromatic heterocycles. The Kier molecular flexibility index (Phi) is 4.32. The lowest BCUT2D eigenvalue weighted by Gasteiger charge is -2.33. The summed E-state index contributed by atoms with van der Waals surface area (Å²) >= 11 is 6.22. The van der Waals surface area contributed by atoms with E-state index in [2.05, 4.69) is 50.5 Å². The van der Waals surface area contributed by atoms with E-state index in [1.54, 1.807) is 6.33 Å². The van der Waals surface area contributed by atoms with Crippen LogP contribution in [0.5, 0.6) is 0 Å². The van der Waals surface area contributed by atoms with Gasteiger partial charge in [0.25, 0.3) is 0 Å². The van der Waals surface area contributed by atoms with Gasteiger partial charge in [-0.15, -0.1) is 0 Å². The Hall–Kier alpha value is -2.79. The number of piperidine rings is 1. The summed E-state index contributed by atoms with van der Waals surface area (Å²) in [4.78, 5) is 14.9. The molecule has 5 nitrogen and oxygen atoms in total. The predicted molar refractivity (Wildman–Crippen MR) is 113 cm³/mol. The van der Waals surface area contributed by atoms with Crippen molar-refractivity contribution in [3.63, 3.8) is 0 Å². The summed E-state index contributed by atoms with van der Waals surface area (Å²) in [5, 5.41) is 0.724. The first-order chi connectivity index (χ1) is 13.7. The fraction of sp³-hybridized carbons (Fsp3) is 0.273. The van der Waals surface area contributed by atoms with Crippen LogP contribution in [0.4, 0.5) is 5.82 Å². The van der Waals surface area contributed by atoms with Gasteiger partial charge in [-0.1, -0.05) is 29.8 Å². The molecule has 1 aromatic carbocycles. The highest BCUT2D eigenvalue weighted by Gasteiger charge is 2.25. The average molecular weight is 392 g/mol. The van der Waals surface area contributed by atoms with Crippen LogP contribution in [0.1, 0.15) is 30.1 Å². The second-order valence-electron chi connectivity index (χ2n) is 7.41. The van der Waals surface area contributed by atoms with Gasteiger partial charge in [-0.3, -0.25) is 4.40 Å². The van der Waals surface area contributed by atoms with E-state index in [0.717, 1.165) is 47.9 Å². The maximum Gasteiger partial charge on any atom is 0.146 e. The van der Waals surface area contributed by atoms with Crippen molar-refractivity contribution >= 4 is 22.9 Å².